The van der Waals surface area contributed by atoms with Crippen molar-refractivity contribution in [3.8, 4) is 0 Å². The van der Waals surface area contributed by atoms with E-state index >= 15 is 0 Å². The smallest absolute Gasteiger partial charge is 0.295 e. The lowest BCUT2D eigenvalue weighted by Crippen LogP contribution is -2.34. The number of amides is 1. The monoisotopic (exact) mass is 448 g/mol. The highest BCUT2D eigenvalue weighted by Gasteiger charge is 2.45. The standard InChI is InChI=1S/C28H36N2O3/c1-3-5-18-29(19-6-4-2)20-13-21-30-25(22-14-9-7-10-15-22)24(27(32)28(30)33)26(31)23-16-11-8-12-17-23/h7-12,14-17,25,31H,3-6,13,18-21H2,1-2H3. The maximum Gasteiger partial charge on any atom is 0.295 e. The molecule has 1 N–H and O–H groups in total. The summed E-state index contributed by atoms with van der Waals surface area (Å²) in [4.78, 5) is 30.3. The molecule has 0 radical (unpaired) electrons. The van der Waals surface area contributed by atoms with Crippen molar-refractivity contribution >= 4 is 17.4 Å². The highest BCUT2D eigenvalue weighted by molar-refractivity contribution is 6.46. The fourth-order valence-electron chi connectivity index (χ4n) is 4.41. The molecule has 2 aromatic rings. The largest absolute Gasteiger partial charge is 0.507 e. The van der Waals surface area contributed by atoms with Crippen LogP contribution in [0.3, 0.4) is 0 Å². The average molecular weight is 449 g/mol. The Hall–Kier alpha value is -2.92. The molecule has 176 valence electrons. The maximum absolute atomic E-state index is 13.1. The fraction of sp³-hybridized carbons (Fsp3) is 0.429. The zero-order valence-corrected chi connectivity index (χ0v) is 19.9. The van der Waals surface area contributed by atoms with Crippen LogP contribution in [-0.4, -0.2) is 52.8 Å². The number of hydrogen-bond donors (Lipinski definition) is 1. The quantitative estimate of drug-likeness (QED) is 0.268. The lowest BCUT2D eigenvalue weighted by atomic mass is 9.95. The molecule has 33 heavy (non-hydrogen) atoms. The molecule has 0 aliphatic carbocycles. The van der Waals surface area contributed by atoms with E-state index in [0.717, 1.165) is 57.3 Å². The molecule has 0 saturated carbocycles. The first-order valence-electron chi connectivity index (χ1n) is 12.2. The number of hydrogen-bond acceptors (Lipinski definition) is 4. The number of unbranched alkanes of at least 4 members (excludes halogenated alkanes) is 2. The van der Waals surface area contributed by atoms with Gasteiger partial charge in [0.15, 0.2) is 0 Å². The van der Waals surface area contributed by atoms with Crippen LogP contribution in [0.1, 0.15) is 63.1 Å². The van der Waals surface area contributed by atoms with Crippen molar-refractivity contribution in [3.05, 3.63) is 77.4 Å². The van der Waals surface area contributed by atoms with E-state index in [-0.39, 0.29) is 11.3 Å². The van der Waals surface area contributed by atoms with Gasteiger partial charge in [0.2, 0.25) is 0 Å². The molecule has 5 heteroatoms. The SMILES string of the molecule is CCCCN(CCCC)CCCN1C(=O)C(=O)C(=C(O)c2ccccc2)C1c1ccccc1. The molecule has 1 atom stereocenters. The minimum Gasteiger partial charge on any atom is -0.507 e. The van der Waals surface area contributed by atoms with Crippen molar-refractivity contribution in [2.75, 3.05) is 26.2 Å². The topological polar surface area (TPSA) is 60.9 Å². The first-order chi connectivity index (χ1) is 16.1. The number of likely N-dealkylation sites (tertiary alicyclic amines) is 1. The van der Waals surface area contributed by atoms with Gasteiger partial charge in [0.25, 0.3) is 11.7 Å². The Bertz CT molecular complexity index is 932. The zero-order chi connectivity index (χ0) is 23.6. The van der Waals surface area contributed by atoms with Gasteiger partial charge in [0.05, 0.1) is 11.6 Å². The number of benzene rings is 2. The normalized spacial score (nSPS) is 17.8. The van der Waals surface area contributed by atoms with E-state index in [1.165, 1.54) is 0 Å². The van der Waals surface area contributed by atoms with Crippen molar-refractivity contribution in [1.29, 1.82) is 0 Å². The molecule has 5 nitrogen and oxygen atoms in total. The average Bonchev–Trinajstić information content (AvgIpc) is 3.11. The summed E-state index contributed by atoms with van der Waals surface area (Å²) < 4.78 is 0. The Kier molecular flexibility index (Phi) is 9.25. The molecule has 3 rings (SSSR count). The molecule has 1 unspecified atom stereocenters. The molecule has 1 amide bonds. The molecule has 1 saturated heterocycles. The number of aliphatic hydroxyl groups is 1. The number of Topliss-reactive ketones (excluding diaryl/α,β-unsaturated/α-hetero) is 1. The number of nitrogens with zero attached hydrogens (tertiary/aromatic N) is 2. The summed E-state index contributed by atoms with van der Waals surface area (Å²) in [6.07, 6.45) is 5.43. The molecular weight excluding hydrogens is 412 g/mol. The van der Waals surface area contributed by atoms with E-state index in [9.17, 15) is 14.7 Å². The number of carbonyl (C=O) groups excluding carboxylic acids is 2. The van der Waals surface area contributed by atoms with Crippen molar-refractivity contribution in [3.63, 3.8) is 0 Å². The van der Waals surface area contributed by atoms with E-state index < -0.39 is 17.7 Å². The van der Waals surface area contributed by atoms with Crippen molar-refractivity contribution < 1.29 is 14.7 Å². The van der Waals surface area contributed by atoms with Crippen LogP contribution in [0.25, 0.3) is 5.76 Å². The van der Waals surface area contributed by atoms with Gasteiger partial charge in [-0.25, -0.2) is 0 Å². The third-order valence-corrected chi connectivity index (χ3v) is 6.23. The summed E-state index contributed by atoms with van der Waals surface area (Å²) in [7, 11) is 0. The predicted molar refractivity (Wildman–Crippen MR) is 133 cm³/mol. The molecule has 0 bridgehead atoms. The summed E-state index contributed by atoms with van der Waals surface area (Å²) in [5, 5.41) is 11.0. The van der Waals surface area contributed by atoms with Crippen LogP contribution >= 0.6 is 0 Å². The van der Waals surface area contributed by atoms with E-state index in [1.54, 1.807) is 17.0 Å². The summed E-state index contributed by atoms with van der Waals surface area (Å²) in [6.45, 7) is 7.89. The fourth-order valence-corrected chi connectivity index (χ4v) is 4.41. The molecule has 1 aliphatic rings. The number of ketones is 1. The molecule has 2 aromatic carbocycles. The highest BCUT2D eigenvalue weighted by atomic mass is 16.3. The van der Waals surface area contributed by atoms with Gasteiger partial charge in [-0.05, 0) is 44.5 Å². The van der Waals surface area contributed by atoms with E-state index in [1.807, 2.05) is 48.5 Å². The van der Waals surface area contributed by atoms with Gasteiger partial charge in [-0.3, -0.25) is 9.59 Å². The van der Waals surface area contributed by atoms with E-state index in [0.29, 0.717) is 12.1 Å². The van der Waals surface area contributed by atoms with Crippen molar-refractivity contribution in [2.24, 2.45) is 0 Å². The molecule has 1 aliphatic heterocycles. The molecule has 0 aromatic heterocycles. The lowest BCUT2D eigenvalue weighted by molar-refractivity contribution is -0.140. The first-order valence-corrected chi connectivity index (χ1v) is 12.2. The zero-order valence-electron chi connectivity index (χ0n) is 19.9. The van der Waals surface area contributed by atoms with Crippen LogP contribution in [0.5, 0.6) is 0 Å². The summed E-state index contributed by atoms with van der Waals surface area (Å²) in [6, 6.07) is 17.9. The van der Waals surface area contributed by atoms with Crippen LogP contribution < -0.4 is 0 Å². The summed E-state index contributed by atoms with van der Waals surface area (Å²) >= 11 is 0. The van der Waals surface area contributed by atoms with Crippen LogP contribution in [0.2, 0.25) is 0 Å². The second-order valence-electron chi connectivity index (χ2n) is 8.67. The Morgan fingerprint density at radius 1 is 0.848 bits per heavy atom. The first kappa shape index (κ1) is 24.7. The Balaban J connectivity index is 1.85. The third-order valence-electron chi connectivity index (χ3n) is 6.23. The van der Waals surface area contributed by atoms with Crippen LogP contribution in [0.4, 0.5) is 0 Å². The van der Waals surface area contributed by atoms with Crippen LogP contribution in [0, 0.1) is 0 Å². The number of rotatable bonds is 12. The maximum atomic E-state index is 13.1. The summed E-state index contributed by atoms with van der Waals surface area (Å²) in [5.74, 6) is -1.26. The molecule has 1 fully saturated rings. The second-order valence-corrected chi connectivity index (χ2v) is 8.67. The molecule has 0 spiro atoms. The molecular formula is C28H36N2O3. The van der Waals surface area contributed by atoms with Gasteiger partial charge in [-0.15, -0.1) is 0 Å². The van der Waals surface area contributed by atoms with Gasteiger partial charge in [0.1, 0.15) is 5.76 Å². The predicted octanol–water partition coefficient (Wildman–Crippen LogP) is 5.40. The van der Waals surface area contributed by atoms with Crippen molar-refractivity contribution in [2.45, 2.75) is 52.0 Å². The van der Waals surface area contributed by atoms with E-state index in [4.69, 9.17) is 0 Å². The Morgan fingerprint density at radius 3 is 1.97 bits per heavy atom. The summed E-state index contributed by atoms with van der Waals surface area (Å²) in [5.41, 5.74) is 1.55. The minimum absolute atomic E-state index is 0.113. The van der Waals surface area contributed by atoms with Gasteiger partial charge < -0.3 is 14.9 Å². The number of aliphatic hydroxyl groups excluding tert-OH is 1. The number of carbonyl (C=O) groups is 2. The molecule has 1 heterocycles. The van der Waals surface area contributed by atoms with Gasteiger partial charge >= 0.3 is 0 Å². The lowest BCUT2D eigenvalue weighted by Gasteiger charge is -2.27. The van der Waals surface area contributed by atoms with Gasteiger partial charge in [-0.1, -0.05) is 87.4 Å². The second kappa shape index (κ2) is 12.4. The van der Waals surface area contributed by atoms with Gasteiger partial charge in [0, 0.05) is 12.1 Å². The minimum atomic E-state index is -0.612. The van der Waals surface area contributed by atoms with Crippen LogP contribution in [-0.2, 0) is 9.59 Å². The van der Waals surface area contributed by atoms with Gasteiger partial charge in [-0.2, -0.15) is 0 Å². The Labute approximate surface area is 197 Å². The third kappa shape index (κ3) is 6.11. The van der Waals surface area contributed by atoms with Crippen LogP contribution in [0.15, 0.2) is 66.2 Å². The highest BCUT2D eigenvalue weighted by Crippen LogP contribution is 2.39. The Morgan fingerprint density at radius 2 is 1.39 bits per heavy atom. The van der Waals surface area contributed by atoms with Crippen molar-refractivity contribution in [1.82, 2.24) is 9.80 Å². The van der Waals surface area contributed by atoms with E-state index in [2.05, 4.69) is 18.7 Å².